The summed E-state index contributed by atoms with van der Waals surface area (Å²) in [6, 6.07) is 5.74. The minimum atomic E-state index is -1.21. The van der Waals surface area contributed by atoms with Crippen molar-refractivity contribution in [3.63, 3.8) is 0 Å². The number of nitrogens with one attached hydrogen (secondary N) is 1. The van der Waals surface area contributed by atoms with Crippen molar-refractivity contribution >= 4 is 17.5 Å². The molecule has 0 fully saturated rings. The molecule has 2 N–H and O–H groups in total. The number of carboxylic acids is 1. The highest BCUT2D eigenvalue weighted by Crippen LogP contribution is 2.23. The quantitative estimate of drug-likeness (QED) is 0.892. The SMILES string of the molecule is COc1cc(C(=O)O)c(Nc2ccc(C)cc2F)nn1. The van der Waals surface area contributed by atoms with Crippen LogP contribution in [-0.2, 0) is 0 Å². The predicted octanol–water partition coefficient (Wildman–Crippen LogP) is 2.37. The lowest BCUT2D eigenvalue weighted by molar-refractivity contribution is 0.0697. The van der Waals surface area contributed by atoms with Crippen molar-refractivity contribution in [1.29, 1.82) is 0 Å². The van der Waals surface area contributed by atoms with E-state index in [9.17, 15) is 9.18 Å². The van der Waals surface area contributed by atoms with Crippen LogP contribution in [0.25, 0.3) is 0 Å². The van der Waals surface area contributed by atoms with Gasteiger partial charge in [-0.25, -0.2) is 9.18 Å². The molecule has 0 bridgehead atoms. The topological polar surface area (TPSA) is 84.3 Å². The van der Waals surface area contributed by atoms with Crippen LogP contribution in [0, 0.1) is 12.7 Å². The number of anilines is 2. The molecule has 1 aromatic carbocycles. The number of ether oxygens (including phenoxy) is 1. The Morgan fingerprint density at radius 2 is 2.10 bits per heavy atom. The van der Waals surface area contributed by atoms with Gasteiger partial charge in [0.05, 0.1) is 12.8 Å². The number of aryl methyl sites for hydroxylation is 1. The molecule has 7 heteroatoms. The fourth-order valence-electron chi connectivity index (χ4n) is 1.58. The largest absolute Gasteiger partial charge is 0.480 e. The summed E-state index contributed by atoms with van der Waals surface area (Å²) in [5, 5.41) is 19.1. The molecule has 0 saturated carbocycles. The number of benzene rings is 1. The van der Waals surface area contributed by atoms with Crippen LogP contribution < -0.4 is 10.1 Å². The van der Waals surface area contributed by atoms with Gasteiger partial charge in [0.2, 0.25) is 5.88 Å². The van der Waals surface area contributed by atoms with Gasteiger partial charge in [0.15, 0.2) is 5.82 Å². The van der Waals surface area contributed by atoms with E-state index in [1.54, 1.807) is 13.0 Å². The molecule has 104 valence electrons. The molecule has 0 amide bonds. The molecule has 0 spiro atoms. The Kier molecular flexibility index (Phi) is 3.79. The highest BCUT2D eigenvalue weighted by atomic mass is 19.1. The first kappa shape index (κ1) is 13.7. The minimum Gasteiger partial charge on any atom is -0.480 e. The molecule has 0 unspecified atom stereocenters. The van der Waals surface area contributed by atoms with Crippen molar-refractivity contribution in [2.75, 3.05) is 12.4 Å². The van der Waals surface area contributed by atoms with Gasteiger partial charge in [-0.3, -0.25) is 0 Å². The minimum absolute atomic E-state index is 0.0546. The summed E-state index contributed by atoms with van der Waals surface area (Å²) in [7, 11) is 1.35. The number of methoxy groups -OCH3 is 1. The first-order chi connectivity index (χ1) is 9.51. The van der Waals surface area contributed by atoms with E-state index in [0.717, 1.165) is 5.56 Å². The summed E-state index contributed by atoms with van der Waals surface area (Å²) >= 11 is 0. The lowest BCUT2D eigenvalue weighted by Crippen LogP contribution is -2.08. The van der Waals surface area contributed by atoms with Crippen molar-refractivity contribution in [2.45, 2.75) is 6.92 Å². The third-order valence-corrected chi connectivity index (χ3v) is 2.59. The van der Waals surface area contributed by atoms with Gasteiger partial charge >= 0.3 is 5.97 Å². The zero-order valence-electron chi connectivity index (χ0n) is 10.8. The van der Waals surface area contributed by atoms with Crippen molar-refractivity contribution in [3.8, 4) is 5.88 Å². The molecule has 6 nitrogen and oxygen atoms in total. The summed E-state index contributed by atoms with van der Waals surface area (Å²) in [6.45, 7) is 1.75. The van der Waals surface area contributed by atoms with Crippen LogP contribution >= 0.6 is 0 Å². The van der Waals surface area contributed by atoms with E-state index in [2.05, 4.69) is 15.5 Å². The van der Waals surface area contributed by atoms with E-state index in [0.29, 0.717) is 0 Å². The molecule has 0 saturated heterocycles. The number of aromatic carboxylic acids is 1. The maximum absolute atomic E-state index is 13.7. The average Bonchev–Trinajstić information content (AvgIpc) is 2.42. The highest BCUT2D eigenvalue weighted by molar-refractivity contribution is 5.94. The molecule has 1 heterocycles. The Labute approximate surface area is 114 Å². The van der Waals surface area contributed by atoms with Gasteiger partial charge in [-0.15, -0.1) is 10.2 Å². The monoisotopic (exact) mass is 277 g/mol. The Morgan fingerprint density at radius 3 is 2.70 bits per heavy atom. The van der Waals surface area contributed by atoms with E-state index in [1.165, 1.54) is 25.3 Å². The summed E-state index contributed by atoms with van der Waals surface area (Å²) in [5.41, 5.74) is 0.724. The summed E-state index contributed by atoms with van der Waals surface area (Å²) < 4.78 is 18.5. The molecule has 0 aliphatic carbocycles. The van der Waals surface area contributed by atoms with Crippen LogP contribution in [0.4, 0.5) is 15.9 Å². The van der Waals surface area contributed by atoms with E-state index >= 15 is 0 Å². The van der Waals surface area contributed by atoms with Gasteiger partial charge in [-0.05, 0) is 24.6 Å². The smallest absolute Gasteiger partial charge is 0.339 e. The second kappa shape index (κ2) is 5.52. The second-order valence-electron chi connectivity index (χ2n) is 4.06. The van der Waals surface area contributed by atoms with Crippen LogP contribution in [0.3, 0.4) is 0 Å². The van der Waals surface area contributed by atoms with Crippen LogP contribution in [0.5, 0.6) is 5.88 Å². The van der Waals surface area contributed by atoms with Crippen LogP contribution in [-0.4, -0.2) is 28.4 Å². The number of aromatic nitrogens is 2. The lowest BCUT2D eigenvalue weighted by Gasteiger charge is -2.10. The summed E-state index contributed by atoms with van der Waals surface area (Å²) in [6.07, 6.45) is 0. The first-order valence-electron chi connectivity index (χ1n) is 5.69. The fourth-order valence-corrected chi connectivity index (χ4v) is 1.58. The number of hydrogen-bond donors (Lipinski definition) is 2. The van der Waals surface area contributed by atoms with Crippen molar-refractivity contribution in [2.24, 2.45) is 0 Å². The Hall–Kier alpha value is -2.70. The van der Waals surface area contributed by atoms with Crippen molar-refractivity contribution in [3.05, 3.63) is 41.2 Å². The highest BCUT2D eigenvalue weighted by Gasteiger charge is 2.15. The predicted molar refractivity (Wildman–Crippen MR) is 70.0 cm³/mol. The molecular formula is C13H12FN3O3. The summed E-state index contributed by atoms with van der Waals surface area (Å²) in [5.74, 6) is -1.70. The van der Waals surface area contributed by atoms with Gasteiger partial charge < -0.3 is 15.2 Å². The normalized spacial score (nSPS) is 10.2. The van der Waals surface area contributed by atoms with Crippen LogP contribution in [0.15, 0.2) is 24.3 Å². The summed E-state index contributed by atoms with van der Waals surface area (Å²) in [4.78, 5) is 11.2. The number of carbonyl (C=O) groups is 1. The average molecular weight is 277 g/mol. The van der Waals surface area contributed by atoms with Gasteiger partial charge in [-0.2, -0.15) is 0 Å². The first-order valence-corrected chi connectivity index (χ1v) is 5.69. The van der Waals surface area contributed by atoms with Gasteiger partial charge in [0.25, 0.3) is 0 Å². The number of rotatable bonds is 4. The van der Waals surface area contributed by atoms with Gasteiger partial charge in [0, 0.05) is 6.07 Å². The maximum Gasteiger partial charge on any atom is 0.339 e. The van der Waals surface area contributed by atoms with Crippen LogP contribution in [0.1, 0.15) is 15.9 Å². The van der Waals surface area contributed by atoms with Crippen molar-refractivity contribution < 1.29 is 19.0 Å². The second-order valence-corrected chi connectivity index (χ2v) is 4.06. The third kappa shape index (κ3) is 2.82. The fraction of sp³-hybridized carbons (Fsp3) is 0.154. The maximum atomic E-state index is 13.7. The van der Waals surface area contributed by atoms with Gasteiger partial charge in [-0.1, -0.05) is 6.07 Å². The van der Waals surface area contributed by atoms with Gasteiger partial charge in [0.1, 0.15) is 11.4 Å². The molecular weight excluding hydrogens is 265 g/mol. The number of nitrogens with zero attached hydrogens (tertiary/aromatic N) is 2. The zero-order valence-corrected chi connectivity index (χ0v) is 10.8. The number of carboxylic acid groups (broad SMARTS) is 1. The number of halogens is 1. The van der Waals surface area contributed by atoms with E-state index in [1.807, 2.05) is 0 Å². The van der Waals surface area contributed by atoms with Crippen LogP contribution in [0.2, 0.25) is 0 Å². The van der Waals surface area contributed by atoms with E-state index < -0.39 is 11.8 Å². The standard InChI is InChI=1S/C13H12FN3O3/c1-7-3-4-10(9(14)5-7)15-12-8(13(18)19)6-11(20-2)16-17-12/h3-6H,1-2H3,(H,15,17)(H,18,19). The van der Waals surface area contributed by atoms with E-state index in [4.69, 9.17) is 9.84 Å². The molecule has 0 radical (unpaired) electrons. The lowest BCUT2D eigenvalue weighted by atomic mass is 10.2. The molecule has 2 aromatic rings. The third-order valence-electron chi connectivity index (χ3n) is 2.59. The molecule has 0 aliphatic rings. The Bertz CT molecular complexity index is 661. The Morgan fingerprint density at radius 1 is 1.35 bits per heavy atom. The van der Waals surface area contributed by atoms with Crippen molar-refractivity contribution in [1.82, 2.24) is 10.2 Å². The molecule has 0 aliphatic heterocycles. The molecule has 1 aromatic heterocycles. The molecule has 0 atom stereocenters. The molecule has 20 heavy (non-hydrogen) atoms. The Balaban J connectivity index is 2.40. The number of hydrogen-bond acceptors (Lipinski definition) is 5. The molecule has 2 rings (SSSR count). The zero-order chi connectivity index (χ0) is 14.7. The van der Waals surface area contributed by atoms with E-state index in [-0.39, 0.29) is 22.9 Å².